The zero-order valence-corrected chi connectivity index (χ0v) is 13.1. The van der Waals surface area contributed by atoms with Gasteiger partial charge in [-0.1, -0.05) is 6.92 Å². The average Bonchev–Trinajstić information content (AvgIpc) is 2.90. The topological polar surface area (TPSA) is 49.4 Å². The molecule has 4 nitrogen and oxygen atoms in total. The molecule has 1 aromatic rings. The first-order valence-corrected chi connectivity index (χ1v) is 9.18. The molecule has 1 aromatic carbocycles. The van der Waals surface area contributed by atoms with Gasteiger partial charge in [-0.25, -0.2) is 8.42 Å². The summed E-state index contributed by atoms with van der Waals surface area (Å²) in [5, 5.41) is 3.51. The second-order valence-corrected chi connectivity index (χ2v) is 7.52. The highest BCUT2D eigenvalue weighted by atomic mass is 32.2. The third-order valence-corrected chi connectivity index (χ3v) is 4.86. The van der Waals surface area contributed by atoms with Gasteiger partial charge in [0.25, 0.3) is 0 Å². The summed E-state index contributed by atoms with van der Waals surface area (Å²) in [7, 11) is -3.11. The molecule has 0 aliphatic carbocycles. The molecule has 1 aliphatic rings. The summed E-state index contributed by atoms with van der Waals surface area (Å²) in [4.78, 5) is 2.73. The van der Waals surface area contributed by atoms with Gasteiger partial charge in [0.15, 0.2) is 9.84 Å². The molecule has 1 atom stereocenters. The van der Waals surface area contributed by atoms with E-state index in [1.807, 2.05) is 12.1 Å². The first-order valence-electron chi connectivity index (χ1n) is 7.29. The number of anilines is 1. The highest BCUT2D eigenvalue weighted by Crippen LogP contribution is 2.20. The van der Waals surface area contributed by atoms with E-state index in [-0.39, 0.29) is 0 Å². The lowest BCUT2D eigenvalue weighted by Gasteiger charge is -2.27. The van der Waals surface area contributed by atoms with E-state index in [1.165, 1.54) is 19.1 Å². The SMILES string of the molecule is CCCN(CC1CCCN1)c1ccc(S(C)(=O)=O)cc1. The largest absolute Gasteiger partial charge is 0.370 e. The zero-order valence-electron chi connectivity index (χ0n) is 12.3. The second-order valence-electron chi connectivity index (χ2n) is 5.51. The summed E-state index contributed by atoms with van der Waals surface area (Å²) in [6.07, 6.45) is 4.80. The van der Waals surface area contributed by atoms with Crippen LogP contribution in [0.4, 0.5) is 5.69 Å². The van der Waals surface area contributed by atoms with Crippen molar-refractivity contribution < 1.29 is 8.42 Å². The Labute approximate surface area is 122 Å². The molecule has 0 spiro atoms. The normalized spacial score (nSPS) is 19.2. The lowest BCUT2D eigenvalue weighted by Crippen LogP contribution is -2.38. The molecule has 20 heavy (non-hydrogen) atoms. The van der Waals surface area contributed by atoms with Crippen molar-refractivity contribution in [2.24, 2.45) is 0 Å². The fourth-order valence-corrected chi connectivity index (χ4v) is 3.31. The minimum Gasteiger partial charge on any atom is -0.370 e. The summed E-state index contributed by atoms with van der Waals surface area (Å²) in [5.41, 5.74) is 1.10. The average molecular weight is 296 g/mol. The summed E-state index contributed by atoms with van der Waals surface area (Å²) in [6, 6.07) is 7.79. The van der Waals surface area contributed by atoms with Gasteiger partial charge in [-0.2, -0.15) is 0 Å². The third kappa shape index (κ3) is 3.96. The molecule has 1 N–H and O–H groups in total. The summed E-state index contributed by atoms with van der Waals surface area (Å²) in [6.45, 7) is 5.26. The molecule has 1 aliphatic heterocycles. The van der Waals surface area contributed by atoms with Crippen molar-refractivity contribution in [3.05, 3.63) is 24.3 Å². The van der Waals surface area contributed by atoms with Gasteiger partial charge in [-0.05, 0) is 50.1 Å². The number of nitrogens with one attached hydrogen (secondary N) is 1. The Bertz CT molecular complexity index is 519. The van der Waals surface area contributed by atoms with Crippen molar-refractivity contribution in [3.63, 3.8) is 0 Å². The molecule has 0 aromatic heterocycles. The molecule has 1 heterocycles. The smallest absolute Gasteiger partial charge is 0.175 e. The first-order chi connectivity index (χ1) is 9.50. The van der Waals surface area contributed by atoms with Crippen molar-refractivity contribution in [2.75, 3.05) is 30.8 Å². The Kier molecular flexibility index (Phi) is 5.05. The van der Waals surface area contributed by atoms with E-state index in [1.54, 1.807) is 12.1 Å². The van der Waals surface area contributed by atoms with Gasteiger partial charge < -0.3 is 10.2 Å². The van der Waals surface area contributed by atoms with Crippen LogP contribution in [-0.2, 0) is 9.84 Å². The highest BCUT2D eigenvalue weighted by molar-refractivity contribution is 7.90. The third-order valence-electron chi connectivity index (χ3n) is 3.73. The van der Waals surface area contributed by atoms with Gasteiger partial charge in [0.2, 0.25) is 0 Å². The van der Waals surface area contributed by atoms with Crippen LogP contribution in [0.3, 0.4) is 0 Å². The van der Waals surface area contributed by atoms with E-state index >= 15 is 0 Å². The molecule has 112 valence electrons. The van der Waals surface area contributed by atoms with E-state index in [0.717, 1.165) is 31.7 Å². The fraction of sp³-hybridized carbons (Fsp3) is 0.600. The lowest BCUT2D eigenvalue weighted by atomic mass is 10.2. The van der Waals surface area contributed by atoms with Crippen LogP contribution >= 0.6 is 0 Å². The minimum absolute atomic E-state index is 0.386. The number of hydrogen-bond acceptors (Lipinski definition) is 4. The van der Waals surface area contributed by atoms with Crippen LogP contribution in [0.2, 0.25) is 0 Å². The monoisotopic (exact) mass is 296 g/mol. The van der Waals surface area contributed by atoms with Crippen molar-refractivity contribution in [1.29, 1.82) is 0 Å². The fourth-order valence-electron chi connectivity index (χ4n) is 2.68. The van der Waals surface area contributed by atoms with Crippen LogP contribution in [0.15, 0.2) is 29.2 Å². The van der Waals surface area contributed by atoms with Gasteiger partial charge in [0.1, 0.15) is 0 Å². The molecule has 5 heteroatoms. The number of rotatable bonds is 6. The van der Waals surface area contributed by atoms with E-state index in [4.69, 9.17) is 0 Å². The Hall–Kier alpha value is -1.07. The van der Waals surface area contributed by atoms with Gasteiger partial charge in [-0.3, -0.25) is 0 Å². The van der Waals surface area contributed by atoms with Crippen molar-refractivity contribution in [2.45, 2.75) is 37.1 Å². The minimum atomic E-state index is -3.11. The van der Waals surface area contributed by atoms with Crippen LogP contribution in [0.5, 0.6) is 0 Å². The molecule has 0 amide bonds. The Morgan fingerprint density at radius 1 is 1.30 bits per heavy atom. The number of nitrogens with zero attached hydrogens (tertiary/aromatic N) is 1. The molecular weight excluding hydrogens is 272 g/mol. The molecule has 2 rings (SSSR count). The summed E-state index contributed by atoms with van der Waals surface area (Å²) >= 11 is 0. The number of sulfone groups is 1. The van der Waals surface area contributed by atoms with E-state index in [2.05, 4.69) is 17.1 Å². The van der Waals surface area contributed by atoms with Crippen molar-refractivity contribution >= 4 is 15.5 Å². The number of benzene rings is 1. The van der Waals surface area contributed by atoms with Crippen LogP contribution < -0.4 is 10.2 Å². The quantitative estimate of drug-likeness (QED) is 0.873. The number of hydrogen-bond donors (Lipinski definition) is 1. The molecule has 1 unspecified atom stereocenters. The van der Waals surface area contributed by atoms with Crippen LogP contribution in [-0.4, -0.2) is 40.3 Å². The van der Waals surface area contributed by atoms with Crippen molar-refractivity contribution in [3.8, 4) is 0 Å². The molecule has 0 radical (unpaired) electrons. The van der Waals surface area contributed by atoms with Crippen LogP contribution in [0.1, 0.15) is 26.2 Å². The second kappa shape index (κ2) is 6.59. The predicted molar refractivity (Wildman–Crippen MR) is 83.1 cm³/mol. The first kappa shape index (κ1) is 15.3. The maximum absolute atomic E-state index is 11.5. The van der Waals surface area contributed by atoms with Gasteiger partial charge in [-0.15, -0.1) is 0 Å². The Balaban J connectivity index is 2.12. The Morgan fingerprint density at radius 2 is 2.00 bits per heavy atom. The van der Waals surface area contributed by atoms with Gasteiger partial charge >= 0.3 is 0 Å². The van der Waals surface area contributed by atoms with Crippen LogP contribution in [0, 0.1) is 0 Å². The molecule has 0 saturated carbocycles. The van der Waals surface area contributed by atoms with Gasteiger partial charge in [0.05, 0.1) is 4.90 Å². The van der Waals surface area contributed by atoms with E-state index in [0.29, 0.717) is 10.9 Å². The molecular formula is C15H24N2O2S. The highest BCUT2D eigenvalue weighted by Gasteiger charge is 2.18. The Morgan fingerprint density at radius 3 is 2.50 bits per heavy atom. The van der Waals surface area contributed by atoms with E-state index < -0.39 is 9.84 Å². The summed E-state index contributed by atoms with van der Waals surface area (Å²) < 4.78 is 23.0. The lowest BCUT2D eigenvalue weighted by molar-refractivity contribution is 0.578. The van der Waals surface area contributed by atoms with Crippen LogP contribution in [0.25, 0.3) is 0 Å². The molecule has 1 fully saturated rings. The van der Waals surface area contributed by atoms with Crippen molar-refractivity contribution in [1.82, 2.24) is 5.32 Å². The van der Waals surface area contributed by atoms with E-state index in [9.17, 15) is 8.42 Å². The maximum Gasteiger partial charge on any atom is 0.175 e. The maximum atomic E-state index is 11.5. The van der Waals surface area contributed by atoms with Gasteiger partial charge in [0, 0.05) is 31.1 Å². The molecule has 0 bridgehead atoms. The standard InChI is InChI=1S/C15H24N2O2S/c1-3-11-17(12-13-5-4-10-16-13)14-6-8-15(9-7-14)20(2,18)19/h6-9,13,16H,3-5,10-12H2,1-2H3. The molecule has 1 saturated heterocycles. The summed E-state index contributed by atoms with van der Waals surface area (Å²) in [5.74, 6) is 0. The zero-order chi connectivity index (χ0) is 14.6. The predicted octanol–water partition coefficient (Wildman–Crippen LogP) is 2.06.